The Morgan fingerprint density at radius 1 is 1.12 bits per heavy atom. The molecule has 2 saturated heterocycles. The number of amides is 1. The molecule has 0 radical (unpaired) electrons. The lowest BCUT2D eigenvalue weighted by Crippen LogP contribution is -2.61. The number of aliphatic hydroxyl groups is 1. The largest absolute Gasteiger partial charge is 0.390 e. The molecule has 3 N–H and O–H groups in total. The minimum Gasteiger partial charge on any atom is -0.390 e. The van der Waals surface area contributed by atoms with Gasteiger partial charge in [-0.1, -0.05) is 19.4 Å². The molecule has 2 fully saturated rings. The van der Waals surface area contributed by atoms with Gasteiger partial charge in [0.2, 0.25) is 15.9 Å². The van der Waals surface area contributed by atoms with Crippen LogP contribution in [0.2, 0.25) is 0 Å². The fourth-order valence-electron chi connectivity index (χ4n) is 5.48. The Morgan fingerprint density at radius 2 is 1.86 bits per heavy atom. The molecule has 9 nitrogen and oxygen atoms in total. The van der Waals surface area contributed by atoms with Gasteiger partial charge in [-0.15, -0.1) is 0 Å². The van der Waals surface area contributed by atoms with Gasteiger partial charge in [0.25, 0.3) is 0 Å². The van der Waals surface area contributed by atoms with Gasteiger partial charge in [0, 0.05) is 63.2 Å². The molecule has 2 aromatic rings. The van der Waals surface area contributed by atoms with E-state index in [0.717, 1.165) is 47.5 Å². The quantitative estimate of drug-likeness (QED) is 0.317. The zero-order chi connectivity index (χ0) is 30.4. The van der Waals surface area contributed by atoms with Crippen LogP contribution in [0.3, 0.4) is 0 Å². The van der Waals surface area contributed by atoms with Crippen LogP contribution in [0.4, 0.5) is 13.2 Å². The van der Waals surface area contributed by atoms with Gasteiger partial charge in [-0.05, 0) is 48.7 Å². The molecule has 230 valence electrons. The third-order valence-electron chi connectivity index (χ3n) is 7.79. The van der Waals surface area contributed by atoms with E-state index in [1.807, 2.05) is 6.92 Å². The van der Waals surface area contributed by atoms with E-state index in [0.29, 0.717) is 13.1 Å². The molecule has 4 rings (SSSR count). The van der Waals surface area contributed by atoms with Crippen molar-refractivity contribution in [2.24, 2.45) is 5.92 Å². The Hall–Kier alpha value is -2.84. The highest BCUT2D eigenvalue weighted by atomic mass is 32.2. The Morgan fingerprint density at radius 3 is 2.55 bits per heavy atom. The number of halogens is 3. The van der Waals surface area contributed by atoms with Crippen molar-refractivity contribution < 1.29 is 36.3 Å². The number of aliphatic hydroxyl groups excluding tert-OH is 1. The van der Waals surface area contributed by atoms with Crippen molar-refractivity contribution in [1.29, 1.82) is 0 Å². The second kappa shape index (κ2) is 14.1. The number of sulfonamides is 1. The number of carbonyl (C=O) groups excluding carboxylic acids is 2. The molecule has 4 atom stereocenters. The summed E-state index contributed by atoms with van der Waals surface area (Å²) in [5.74, 6) is -3.11. The molecular formula is C29H37F3N4O5S. The van der Waals surface area contributed by atoms with E-state index in [1.54, 1.807) is 4.90 Å². The van der Waals surface area contributed by atoms with E-state index in [1.165, 1.54) is 12.1 Å². The molecule has 2 unspecified atom stereocenters. The Kier molecular flexibility index (Phi) is 10.8. The first kappa shape index (κ1) is 32.1. The third kappa shape index (κ3) is 7.95. The van der Waals surface area contributed by atoms with Gasteiger partial charge in [-0.3, -0.25) is 9.59 Å². The summed E-state index contributed by atoms with van der Waals surface area (Å²) in [7, 11) is -4.07. The van der Waals surface area contributed by atoms with Crippen LogP contribution in [0.15, 0.2) is 47.4 Å². The number of benzene rings is 2. The molecule has 1 amide bonds. The number of unbranched alkanes of at least 4 members (excludes halogenated alkanes) is 1. The van der Waals surface area contributed by atoms with Crippen molar-refractivity contribution in [1.82, 2.24) is 19.8 Å². The number of nitrogens with one attached hydrogen (secondary N) is 2. The van der Waals surface area contributed by atoms with Crippen LogP contribution in [0, 0.1) is 23.4 Å². The standard InChI is InChI=1S/C29H37F3N4O5S/c1-2-3-8-35-17-20(13-28(35)38)27(37)16-34-25(12-19-10-22(31)14-23(32)11-19)29(39)26-18-36(9-7-33-26)42(40,41)24-6-4-5-21(30)15-24/h4-6,10-11,14-15,20,25-26,29,33-34,39H,2-3,7-9,12-13,16-18H2,1H3/t20?,25?,26-,29+/m1/s1. The number of Topliss-reactive ketones (excluding diaryl/α,β-unsaturated/α-hetero) is 1. The van der Waals surface area contributed by atoms with Gasteiger partial charge in [0.15, 0.2) is 5.78 Å². The topological polar surface area (TPSA) is 119 Å². The zero-order valence-corrected chi connectivity index (χ0v) is 24.3. The summed E-state index contributed by atoms with van der Waals surface area (Å²) in [6.07, 6.45) is 0.499. The highest BCUT2D eigenvalue weighted by Gasteiger charge is 2.38. The van der Waals surface area contributed by atoms with Crippen molar-refractivity contribution in [2.45, 2.75) is 55.7 Å². The van der Waals surface area contributed by atoms with E-state index in [9.17, 15) is 36.3 Å². The van der Waals surface area contributed by atoms with Crippen LogP contribution >= 0.6 is 0 Å². The lowest BCUT2D eigenvalue weighted by atomic mass is 9.94. The fourth-order valence-corrected chi connectivity index (χ4v) is 6.98. The SMILES string of the molecule is CCCCN1CC(C(=O)CNC(Cc2cc(F)cc(F)c2)[C@H](O)[C@H]2CN(S(=O)(=O)c3cccc(F)c3)CCN2)CC1=O. The monoisotopic (exact) mass is 610 g/mol. The number of hydrogen-bond donors (Lipinski definition) is 3. The summed E-state index contributed by atoms with van der Waals surface area (Å²) < 4.78 is 69.2. The van der Waals surface area contributed by atoms with Crippen LogP contribution in [0.25, 0.3) is 0 Å². The summed E-state index contributed by atoms with van der Waals surface area (Å²) in [6, 6.07) is 5.92. The highest BCUT2D eigenvalue weighted by molar-refractivity contribution is 7.89. The van der Waals surface area contributed by atoms with Gasteiger partial charge >= 0.3 is 0 Å². The highest BCUT2D eigenvalue weighted by Crippen LogP contribution is 2.22. The lowest BCUT2D eigenvalue weighted by Gasteiger charge is -2.38. The minimum atomic E-state index is -4.07. The zero-order valence-electron chi connectivity index (χ0n) is 23.4. The fraction of sp³-hybridized carbons (Fsp3) is 0.517. The number of rotatable bonds is 13. The second-order valence-corrected chi connectivity index (χ2v) is 12.8. The first-order chi connectivity index (χ1) is 20.0. The van der Waals surface area contributed by atoms with E-state index in [4.69, 9.17) is 0 Å². The average molecular weight is 611 g/mol. The molecule has 2 aromatic carbocycles. The minimum absolute atomic E-state index is 0.0653. The smallest absolute Gasteiger partial charge is 0.243 e. The Bertz CT molecular complexity index is 1360. The number of piperazine rings is 1. The lowest BCUT2D eigenvalue weighted by molar-refractivity contribution is -0.128. The molecule has 42 heavy (non-hydrogen) atoms. The summed E-state index contributed by atoms with van der Waals surface area (Å²) >= 11 is 0. The molecule has 2 heterocycles. The van der Waals surface area contributed by atoms with E-state index >= 15 is 0 Å². The predicted octanol–water partition coefficient (Wildman–Crippen LogP) is 1.85. The number of carbonyl (C=O) groups is 2. The molecular weight excluding hydrogens is 573 g/mol. The van der Waals surface area contributed by atoms with Gasteiger partial charge < -0.3 is 20.6 Å². The number of hydrogen-bond acceptors (Lipinski definition) is 7. The molecule has 0 spiro atoms. The van der Waals surface area contributed by atoms with Crippen LogP contribution in [0.5, 0.6) is 0 Å². The van der Waals surface area contributed by atoms with Crippen LogP contribution in [0.1, 0.15) is 31.7 Å². The van der Waals surface area contributed by atoms with Gasteiger partial charge in [0.05, 0.1) is 17.5 Å². The van der Waals surface area contributed by atoms with Crippen molar-refractivity contribution in [2.75, 3.05) is 39.3 Å². The van der Waals surface area contributed by atoms with Crippen molar-refractivity contribution in [3.63, 3.8) is 0 Å². The maximum absolute atomic E-state index is 14.0. The van der Waals surface area contributed by atoms with E-state index < -0.39 is 51.6 Å². The van der Waals surface area contributed by atoms with Crippen LogP contribution < -0.4 is 10.6 Å². The molecule has 0 saturated carbocycles. The number of likely N-dealkylation sites (tertiary alicyclic amines) is 1. The Balaban J connectivity index is 1.48. The van der Waals surface area contributed by atoms with Crippen molar-refractivity contribution in [3.8, 4) is 0 Å². The first-order valence-electron chi connectivity index (χ1n) is 14.1. The summed E-state index contributed by atoms with van der Waals surface area (Å²) in [4.78, 5) is 26.9. The van der Waals surface area contributed by atoms with Gasteiger partial charge in [-0.25, -0.2) is 21.6 Å². The number of nitrogens with zero attached hydrogens (tertiary/aromatic N) is 2. The van der Waals surface area contributed by atoms with Crippen LogP contribution in [-0.4, -0.2) is 91.9 Å². The molecule has 13 heteroatoms. The maximum atomic E-state index is 14.0. The van der Waals surface area contributed by atoms with Gasteiger partial charge in [0.1, 0.15) is 17.5 Å². The molecule has 0 aromatic heterocycles. The van der Waals surface area contributed by atoms with E-state index in [2.05, 4.69) is 10.6 Å². The van der Waals surface area contributed by atoms with Crippen molar-refractivity contribution >= 4 is 21.7 Å². The summed E-state index contributed by atoms with van der Waals surface area (Å²) in [5, 5.41) is 17.5. The second-order valence-electron chi connectivity index (χ2n) is 10.9. The average Bonchev–Trinajstić information content (AvgIpc) is 3.33. The normalized spacial score (nSPS) is 21.5. The van der Waals surface area contributed by atoms with Crippen molar-refractivity contribution in [3.05, 3.63) is 65.5 Å². The maximum Gasteiger partial charge on any atom is 0.243 e. The predicted molar refractivity (Wildman–Crippen MR) is 149 cm³/mol. The van der Waals surface area contributed by atoms with Crippen LogP contribution in [-0.2, 0) is 26.0 Å². The molecule has 0 bridgehead atoms. The molecule has 0 aliphatic carbocycles. The van der Waals surface area contributed by atoms with Gasteiger partial charge in [-0.2, -0.15) is 4.31 Å². The number of ketones is 1. The van der Waals surface area contributed by atoms with E-state index in [-0.39, 0.29) is 61.2 Å². The summed E-state index contributed by atoms with van der Waals surface area (Å²) in [6.45, 7) is 2.83. The molecule has 2 aliphatic heterocycles. The Labute approximate surface area is 244 Å². The molecule has 2 aliphatic rings. The first-order valence-corrected chi connectivity index (χ1v) is 15.6. The summed E-state index contributed by atoms with van der Waals surface area (Å²) in [5.41, 5.74) is 0.235. The third-order valence-corrected chi connectivity index (χ3v) is 9.66.